The molecule has 1 fully saturated rings. The molecule has 1 aromatic rings. The smallest absolute Gasteiger partial charge is 0.242 e. The monoisotopic (exact) mass is 350 g/mol. The third kappa shape index (κ3) is 5.51. The first-order valence-corrected chi connectivity index (χ1v) is 8.68. The number of benzene rings is 1. The van der Waals surface area contributed by atoms with E-state index < -0.39 is 5.54 Å². The Bertz CT molecular complexity index is 596. The molecule has 1 unspecified atom stereocenters. The van der Waals surface area contributed by atoms with Crippen molar-refractivity contribution in [3.8, 4) is 0 Å². The molecule has 2 amide bonds. The van der Waals surface area contributed by atoms with E-state index in [1.807, 2.05) is 11.8 Å². The lowest BCUT2D eigenvalue weighted by atomic mass is 9.95. The van der Waals surface area contributed by atoms with Crippen molar-refractivity contribution in [2.75, 3.05) is 38.0 Å². The van der Waals surface area contributed by atoms with E-state index in [2.05, 4.69) is 5.32 Å². The third-order valence-electron chi connectivity index (χ3n) is 4.41. The van der Waals surface area contributed by atoms with Crippen molar-refractivity contribution < 1.29 is 14.0 Å². The second-order valence-electron chi connectivity index (χ2n) is 6.79. The Morgan fingerprint density at radius 2 is 1.80 bits per heavy atom. The quantitative estimate of drug-likeness (QED) is 0.813. The first kappa shape index (κ1) is 19.3. The van der Waals surface area contributed by atoms with Crippen LogP contribution in [-0.2, 0) is 9.59 Å². The van der Waals surface area contributed by atoms with Crippen LogP contribution in [0, 0.1) is 5.82 Å². The van der Waals surface area contributed by atoms with Crippen LogP contribution in [0.1, 0.15) is 26.7 Å². The van der Waals surface area contributed by atoms with Gasteiger partial charge in [0.05, 0.1) is 12.1 Å². The lowest BCUT2D eigenvalue weighted by Crippen LogP contribution is -2.58. The van der Waals surface area contributed by atoms with Crippen molar-refractivity contribution in [1.82, 2.24) is 9.80 Å². The fraction of sp³-hybridized carbons (Fsp3) is 0.556. The predicted octanol–water partition coefficient (Wildman–Crippen LogP) is 1.43. The maximum atomic E-state index is 12.9. The molecule has 1 heterocycles. The van der Waals surface area contributed by atoms with Crippen LogP contribution in [0.2, 0.25) is 0 Å². The fourth-order valence-corrected chi connectivity index (χ4v) is 3.03. The maximum absolute atomic E-state index is 12.9. The molecule has 1 aliphatic rings. The fourth-order valence-electron chi connectivity index (χ4n) is 3.03. The Hall–Kier alpha value is -1.99. The second kappa shape index (κ2) is 8.40. The largest absolute Gasteiger partial charge is 0.339 e. The van der Waals surface area contributed by atoms with Crippen LogP contribution in [0.15, 0.2) is 24.3 Å². The van der Waals surface area contributed by atoms with E-state index in [9.17, 15) is 14.0 Å². The van der Waals surface area contributed by atoms with Crippen molar-refractivity contribution in [2.24, 2.45) is 5.73 Å². The van der Waals surface area contributed by atoms with Gasteiger partial charge in [-0.05, 0) is 37.6 Å². The summed E-state index contributed by atoms with van der Waals surface area (Å²) in [6, 6.07) is 5.67. The number of piperazine rings is 1. The molecule has 1 aliphatic heterocycles. The predicted molar refractivity (Wildman–Crippen MR) is 95.6 cm³/mol. The number of rotatable bonds is 6. The normalized spacial score (nSPS) is 17.8. The molecule has 0 spiro atoms. The lowest BCUT2D eigenvalue weighted by molar-refractivity contribution is -0.138. The Balaban J connectivity index is 1.79. The molecule has 0 aliphatic carbocycles. The van der Waals surface area contributed by atoms with Crippen molar-refractivity contribution in [3.63, 3.8) is 0 Å². The van der Waals surface area contributed by atoms with Gasteiger partial charge in [-0.25, -0.2) is 4.39 Å². The summed E-state index contributed by atoms with van der Waals surface area (Å²) in [4.78, 5) is 28.3. The van der Waals surface area contributed by atoms with Crippen LogP contribution < -0.4 is 11.1 Å². The Morgan fingerprint density at radius 3 is 2.36 bits per heavy atom. The summed E-state index contributed by atoms with van der Waals surface area (Å²) in [5.74, 6) is -0.514. The summed E-state index contributed by atoms with van der Waals surface area (Å²) in [6.45, 7) is 6.43. The number of carbonyl (C=O) groups is 2. The average Bonchev–Trinajstić information content (AvgIpc) is 2.57. The molecule has 1 atom stereocenters. The molecule has 0 radical (unpaired) electrons. The van der Waals surface area contributed by atoms with Gasteiger partial charge >= 0.3 is 0 Å². The number of hydrogen-bond acceptors (Lipinski definition) is 4. The molecule has 138 valence electrons. The lowest BCUT2D eigenvalue weighted by Gasteiger charge is -2.38. The van der Waals surface area contributed by atoms with Crippen molar-refractivity contribution in [2.45, 2.75) is 32.2 Å². The van der Waals surface area contributed by atoms with E-state index in [-0.39, 0.29) is 24.2 Å². The van der Waals surface area contributed by atoms with Gasteiger partial charge in [0.15, 0.2) is 0 Å². The second-order valence-corrected chi connectivity index (χ2v) is 6.79. The molecule has 0 aromatic heterocycles. The number of hydrogen-bond donors (Lipinski definition) is 2. The van der Waals surface area contributed by atoms with E-state index >= 15 is 0 Å². The summed E-state index contributed by atoms with van der Waals surface area (Å²) in [5.41, 5.74) is 5.86. The number of halogens is 1. The molecule has 25 heavy (non-hydrogen) atoms. The molecule has 1 aromatic carbocycles. The van der Waals surface area contributed by atoms with Gasteiger partial charge in [-0.1, -0.05) is 13.3 Å². The van der Waals surface area contributed by atoms with Gasteiger partial charge in [0, 0.05) is 31.9 Å². The highest BCUT2D eigenvalue weighted by atomic mass is 19.1. The van der Waals surface area contributed by atoms with Gasteiger partial charge in [0.1, 0.15) is 5.82 Å². The molecule has 0 saturated carbocycles. The first-order chi connectivity index (χ1) is 11.8. The number of nitrogens with two attached hydrogens (primary N) is 1. The Morgan fingerprint density at radius 1 is 1.20 bits per heavy atom. The highest BCUT2D eigenvalue weighted by molar-refractivity contribution is 5.92. The summed E-state index contributed by atoms with van der Waals surface area (Å²) < 4.78 is 12.9. The Labute approximate surface area is 148 Å². The zero-order valence-corrected chi connectivity index (χ0v) is 14.9. The van der Waals surface area contributed by atoms with Crippen LogP contribution in [0.4, 0.5) is 10.1 Å². The molecular formula is C18H27FN4O2. The number of carbonyl (C=O) groups excluding carboxylic acids is 2. The number of anilines is 1. The van der Waals surface area contributed by atoms with Crippen LogP contribution in [0.25, 0.3) is 0 Å². The van der Waals surface area contributed by atoms with Crippen LogP contribution in [-0.4, -0.2) is 59.9 Å². The van der Waals surface area contributed by atoms with Crippen LogP contribution in [0.5, 0.6) is 0 Å². The van der Waals surface area contributed by atoms with Gasteiger partial charge in [-0.3, -0.25) is 14.5 Å². The van der Waals surface area contributed by atoms with E-state index in [0.29, 0.717) is 38.3 Å². The van der Waals surface area contributed by atoms with E-state index in [1.165, 1.54) is 24.3 Å². The molecule has 6 nitrogen and oxygen atoms in total. The highest BCUT2D eigenvalue weighted by Gasteiger charge is 2.33. The zero-order valence-electron chi connectivity index (χ0n) is 14.9. The highest BCUT2D eigenvalue weighted by Crippen LogP contribution is 2.15. The molecule has 2 rings (SSSR count). The number of nitrogens with one attached hydrogen (secondary N) is 1. The molecule has 7 heteroatoms. The third-order valence-corrected chi connectivity index (χ3v) is 4.41. The van der Waals surface area contributed by atoms with E-state index in [1.54, 1.807) is 11.8 Å². The van der Waals surface area contributed by atoms with Crippen LogP contribution >= 0.6 is 0 Å². The van der Waals surface area contributed by atoms with Crippen molar-refractivity contribution in [1.29, 1.82) is 0 Å². The van der Waals surface area contributed by atoms with Crippen molar-refractivity contribution >= 4 is 17.5 Å². The minimum absolute atomic E-state index is 0.0234. The maximum Gasteiger partial charge on any atom is 0.242 e. The topological polar surface area (TPSA) is 78.7 Å². The number of amides is 2. The summed E-state index contributed by atoms with van der Waals surface area (Å²) in [5, 5.41) is 2.74. The Kier molecular flexibility index (Phi) is 6.50. The van der Waals surface area contributed by atoms with Gasteiger partial charge in [0.25, 0.3) is 0 Å². The zero-order chi connectivity index (χ0) is 18.4. The molecule has 0 bridgehead atoms. The van der Waals surface area contributed by atoms with Crippen molar-refractivity contribution in [3.05, 3.63) is 30.1 Å². The first-order valence-electron chi connectivity index (χ1n) is 8.68. The molecule has 3 N–H and O–H groups in total. The summed E-state index contributed by atoms with van der Waals surface area (Å²) >= 11 is 0. The van der Waals surface area contributed by atoms with Gasteiger partial charge in [-0.2, -0.15) is 0 Å². The van der Waals surface area contributed by atoms with Gasteiger partial charge < -0.3 is 16.0 Å². The average molecular weight is 350 g/mol. The minimum Gasteiger partial charge on any atom is -0.339 e. The molecular weight excluding hydrogens is 323 g/mol. The van der Waals surface area contributed by atoms with E-state index in [0.717, 1.165) is 6.42 Å². The van der Waals surface area contributed by atoms with Gasteiger partial charge in [-0.15, -0.1) is 0 Å². The standard InChI is InChI=1S/C18H27FN4O2/c1-3-8-18(2,20)17(25)23-11-9-22(10-12-23)13-16(24)21-15-6-4-14(19)5-7-15/h4-7H,3,8-13,20H2,1-2H3,(H,21,24). The molecule has 1 saturated heterocycles. The minimum atomic E-state index is -0.823. The summed E-state index contributed by atoms with van der Waals surface area (Å²) in [6.07, 6.45) is 1.52. The van der Waals surface area contributed by atoms with Gasteiger partial charge in [0.2, 0.25) is 11.8 Å². The SMILES string of the molecule is CCCC(C)(N)C(=O)N1CCN(CC(=O)Nc2ccc(F)cc2)CC1. The van der Waals surface area contributed by atoms with Crippen LogP contribution in [0.3, 0.4) is 0 Å². The number of nitrogens with zero attached hydrogens (tertiary/aromatic N) is 2. The van der Waals surface area contributed by atoms with E-state index in [4.69, 9.17) is 5.73 Å². The summed E-state index contributed by atoms with van der Waals surface area (Å²) in [7, 11) is 0.